The second kappa shape index (κ2) is 11.3. The van der Waals surface area contributed by atoms with E-state index in [1.807, 2.05) is 6.07 Å². The lowest BCUT2D eigenvalue weighted by atomic mass is 9.92. The van der Waals surface area contributed by atoms with Gasteiger partial charge < -0.3 is 14.2 Å². The normalized spacial score (nSPS) is 21.1. The van der Waals surface area contributed by atoms with Crippen LogP contribution in [0.5, 0.6) is 0 Å². The lowest BCUT2D eigenvalue weighted by Crippen LogP contribution is -2.52. The van der Waals surface area contributed by atoms with Crippen molar-refractivity contribution >= 4 is 18.0 Å². The number of benzene rings is 2. The zero-order valence-corrected chi connectivity index (χ0v) is 21.0. The molecule has 2 amide bonds. The molecule has 0 spiro atoms. The number of hydrogen-bond donors (Lipinski definition) is 0. The van der Waals surface area contributed by atoms with Crippen molar-refractivity contribution in [3.63, 3.8) is 0 Å². The summed E-state index contributed by atoms with van der Waals surface area (Å²) >= 11 is 0. The maximum absolute atomic E-state index is 14.0. The first-order valence-electron chi connectivity index (χ1n) is 11.9. The van der Waals surface area contributed by atoms with Crippen molar-refractivity contribution in [1.82, 2.24) is 4.90 Å². The number of imide groups is 1. The van der Waals surface area contributed by atoms with Crippen LogP contribution in [0.2, 0.25) is 0 Å². The summed E-state index contributed by atoms with van der Waals surface area (Å²) in [5, 5.41) is 0. The van der Waals surface area contributed by atoms with E-state index in [0.717, 1.165) is 29.7 Å². The van der Waals surface area contributed by atoms with Gasteiger partial charge in [0.15, 0.2) is 0 Å². The Morgan fingerprint density at radius 1 is 1.03 bits per heavy atom. The summed E-state index contributed by atoms with van der Waals surface area (Å²) in [5.41, 5.74) is -2.92. The number of ether oxygens (including phenoxy) is 3. The highest BCUT2D eigenvalue weighted by Gasteiger charge is 2.64. The molecule has 1 saturated heterocycles. The molecule has 10 heteroatoms. The molecule has 200 valence electrons. The minimum Gasteiger partial charge on any atom is -0.463 e. The number of esters is 1. The highest BCUT2D eigenvalue weighted by molar-refractivity contribution is 5.95. The molecule has 1 fully saturated rings. The van der Waals surface area contributed by atoms with Crippen LogP contribution in [0.3, 0.4) is 0 Å². The smallest absolute Gasteiger partial charge is 0.432 e. The molecular formula is C27H30F3NO6. The van der Waals surface area contributed by atoms with E-state index in [2.05, 4.69) is 0 Å². The maximum atomic E-state index is 14.0. The third-order valence-electron chi connectivity index (χ3n) is 6.49. The first-order chi connectivity index (χ1) is 17.4. The number of nitrogens with zero attached hydrogens (tertiary/aromatic N) is 1. The second-order valence-corrected chi connectivity index (χ2v) is 9.25. The van der Waals surface area contributed by atoms with E-state index < -0.39 is 59.3 Å². The number of carbonyl (C=O) groups excluding carboxylic acids is 3. The van der Waals surface area contributed by atoms with Gasteiger partial charge in [-0.3, -0.25) is 4.79 Å². The van der Waals surface area contributed by atoms with Crippen LogP contribution in [-0.4, -0.2) is 48.8 Å². The number of alkyl halides is 3. The molecule has 2 aromatic carbocycles. The van der Waals surface area contributed by atoms with Crippen LogP contribution in [-0.2, 0) is 29.4 Å². The standard InChI is InChI=1S/C27H30F3NO6/c1-17(16-36-24(33)26(35-4,27(28,29)30)21-13-9-6-10-14-21)15-18(2)23(32)31-19(3)22(37-25(31)34)20-11-7-5-8-12-20/h5-14,17-19,22H,15-16H2,1-4H3/t17-,18+,19-,22-,26?/m0/s1. The van der Waals surface area contributed by atoms with Crippen LogP contribution in [0.25, 0.3) is 0 Å². The number of halogens is 3. The van der Waals surface area contributed by atoms with Gasteiger partial charge in [0, 0.05) is 18.6 Å². The van der Waals surface area contributed by atoms with E-state index in [1.165, 1.54) is 18.2 Å². The van der Waals surface area contributed by atoms with Crippen molar-refractivity contribution in [2.75, 3.05) is 13.7 Å². The van der Waals surface area contributed by atoms with Gasteiger partial charge in [0.2, 0.25) is 5.91 Å². The van der Waals surface area contributed by atoms with Gasteiger partial charge in [0.05, 0.1) is 12.6 Å². The van der Waals surface area contributed by atoms with Gasteiger partial charge in [0.25, 0.3) is 5.60 Å². The summed E-state index contributed by atoms with van der Waals surface area (Å²) in [6.07, 6.45) is -6.27. The number of hydrogen-bond acceptors (Lipinski definition) is 6. The van der Waals surface area contributed by atoms with Crippen molar-refractivity contribution in [1.29, 1.82) is 0 Å². The van der Waals surface area contributed by atoms with Crippen molar-refractivity contribution in [2.24, 2.45) is 11.8 Å². The molecule has 7 nitrogen and oxygen atoms in total. The molecule has 5 atom stereocenters. The average Bonchev–Trinajstić information content (AvgIpc) is 3.16. The molecule has 2 aromatic rings. The molecule has 1 aliphatic rings. The molecule has 0 aromatic heterocycles. The highest BCUT2D eigenvalue weighted by Crippen LogP contribution is 2.43. The first-order valence-corrected chi connectivity index (χ1v) is 11.9. The van der Waals surface area contributed by atoms with E-state index in [1.54, 1.807) is 45.0 Å². The highest BCUT2D eigenvalue weighted by atomic mass is 19.4. The summed E-state index contributed by atoms with van der Waals surface area (Å²) in [5.74, 6) is -3.23. The zero-order chi connectivity index (χ0) is 27.4. The Morgan fingerprint density at radius 3 is 2.14 bits per heavy atom. The number of cyclic esters (lactones) is 1. The summed E-state index contributed by atoms with van der Waals surface area (Å²) in [7, 11) is 0.797. The molecule has 1 aliphatic heterocycles. The van der Waals surface area contributed by atoms with Crippen LogP contribution in [0.4, 0.5) is 18.0 Å². The van der Waals surface area contributed by atoms with Gasteiger partial charge in [-0.1, -0.05) is 74.5 Å². The van der Waals surface area contributed by atoms with Crippen LogP contribution in [0.15, 0.2) is 60.7 Å². The molecule has 1 heterocycles. The van der Waals surface area contributed by atoms with Gasteiger partial charge in [-0.2, -0.15) is 13.2 Å². The Balaban J connectivity index is 1.64. The van der Waals surface area contributed by atoms with E-state index in [0.29, 0.717) is 0 Å². The molecule has 0 bridgehead atoms. The van der Waals surface area contributed by atoms with Crippen LogP contribution < -0.4 is 0 Å². The number of carbonyl (C=O) groups is 3. The van der Waals surface area contributed by atoms with Gasteiger partial charge >= 0.3 is 18.2 Å². The Hall–Kier alpha value is -3.40. The molecule has 0 aliphatic carbocycles. The Bertz CT molecular complexity index is 1090. The topological polar surface area (TPSA) is 82.1 Å². The van der Waals surface area contributed by atoms with Gasteiger partial charge in [-0.25, -0.2) is 14.5 Å². The fraction of sp³-hybridized carbons (Fsp3) is 0.444. The van der Waals surface area contributed by atoms with Crippen molar-refractivity contribution in [2.45, 2.75) is 51.1 Å². The fourth-order valence-corrected chi connectivity index (χ4v) is 4.56. The second-order valence-electron chi connectivity index (χ2n) is 9.25. The predicted molar refractivity (Wildman–Crippen MR) is 127 cm³/mol. The summed E-state index contributed by atoms with van der Waals surface area (Å²) in [6, 6.07) is 15.0. The predicted octanol–water partition coefficient (Wildman–Crippen LogP) is 5.40. The monoisotopic (exact) mass is 521 g/mol. The lowest BCUT2D eigenvalue weighted by Gasteiger charge is -2.32. The molecule has 0 radical (unpaired) electrons. The summed E-state index contributed by atoms with van der Waals surface area (Å²) < 4.78 is 57.3. The fourth-order valence-electron chi connectivity index (χ4n) is 4.56. The molecule has 0 N–H and O–H groups in total. The third kappa shape index (κ3) is 5.64. The van der Waals surface area contributed by atoms with E-state index in [4.69, 9.17) is 14.2 Å². The number of methoxy groups -OCH3 is 1. The van der Waals surface area contributed by atoms with Crippen LogP contribution >= 0.6 is 0 Å². The number of rotatable bonds is 9. The van der Waals surface area contributed by atoms with Crippen molar-refractivity contribution < 1.29 is 41.8 Å². The third-order valence-corrected chi connectivity index (χ3v) is 6.49. The largest absolute Gasteiger partial charge is 0.463 e. The van der Waals surface area contributed by atoms with E-state index in [-0.39, 0.29) is 13.0 Å². The van der Waals surface area contributed by atoms with Crippen molar-refractivity contribution in [3.8, 4) is 0 Å². The van der Waals surface area contributed by atoms with Crippen LogP contribution in [0, 0.1) is 11.8 Å². The minimum atomic E-state index is -5.08. The average molecular weight is 522 g/mol. The van der Waals surface area contributed by atoms with E-state index >= 15 is 0 Å². The van der Waals surface area contributed by atoms with Crippen molar-refractivity contribution in [3.05, 3.63) is 71.8 Å². The molecule has 37 heavy (non-hydrogen) atoms. The first kappa shape index (κ1) is 28.2. The molecular weight excluding hydrogens is 491 g/mol. The lowest BCUT2D eigenvalue weighted by molar-refractivity contribution is -0.276. The van der Waals surface area contributed by atoms with E-state index in [9.17, 15) is 27.6 Å². The minimum absolute atomic E-state index is 0.163. The summed E-state index contributed by atoms with van der Waals surface area (Å²) in [4.78, 5) is 39.4. The number of amides is 2. The Morgan fingerprint density at radius 2 is 1.59 bits per heavy atom. The quantitative estimate of drug-likeness (QED) is 0.411. The molecule has 0 saturated carbocycles. The Kier molecular flexibility index (Phi) is 8.63. The van der Waals surface area contributed by atoms with Crippen LogP contribution in [0.1, 0.15) is 44.4 Å². The Labute approximate surface area is 213 Å². The molecule has 3 rings (SSSR count). The van der Waals surface area contributed by atoms with Gasteiger partial charge in [0.1, 0.15) is 6.10 Å². The molecule has 1 unspecified atom stereocenters. The van der Waals surface area contributed by atoms with Gasteiger partial charge in [-0.15, -0.1) is 0 Å². The zero-order valence-electron chi connectivity index (χ0n) is 21.0. The van der Waals surface area contributed by atoms with Gasteiger partial charge in [-0.05, 0) is 24.8 Å². The summed E-state index contributed by atoms with van der Waals surface area (Å²) in [6.45, 7) is 4.58. The maximum Gasteiger partial charge on any atom is 0.432 e. The SMILES string of the molecule is COC(C(=O)OC[C@@H](C)C[C@@H](C)C(=O)N1C(=O)O[C@H](c2ccccc2)[C@@H]1C)(c1ccccc1)C(F)(F)F.